The molecule has 0 aromatic heterocycles. The third-order valence-corrected chi connectivity index (χ3v) is 5.26. The Kier molecular flexibility index (Phi) is 6.06. The molecule has 0 aliphatic carbocycles. The molecule has 0 atom stereocenters. The number of carbonyl (C=O) groups excluding carboxylic acids is 1. The van der Waals surface area contributed by atoms with Crippen LogP contribution in [-0.2, 0) is 5.75 Å². The summed E-state index contributed by atoms with van der Waals surface area (Å²) < 4.78 is 10.7. The molecule has 0 N–H and O–H groups in total. The molecule has 2 aromatic carbocycles. The van der Waals surface area contributed by atoms with Crippen LogP contribution in [0.3, 0.4) is 0 Å². The van der Waals surface area contributed by atoms with Crippen molar-refractivity contribution in [3.05, 3.63) is 58.6 Å². The lowest BCUT2D eigenvalue weighted by Gasteiger charge is -2.20. The predicted octanol–water partition coefficient (Wildman–Crippen LogP) is 4.10. The van der Waals surface area contributed by atoms with Crippen molar-refractivity contribution in [3.63, 3.8) is 0 Å². The van der Waals surface area contributed by atoms with Gasteiger partial charge in [0, 0.05) is 17.3 Å². The fourth-order valence-corrected chi connectivity index (χ4v) is 3.92. The van der Waals surface area contributed by atoms with E-state index in [1.807, 2.05) is 24.3 Å². The van der Waals surface area contributed by atoms with Gasteiger partial charge in [-0.3, -0.25) is 14.7 Å². The summed E-state index contributed by atoms with van der Waals surface area (Å²) in [5.41, 5.74) is 1.55. The molecule has 136 valence electrons. The monoisotopic (exact) mass is 390 g/mol. The maximum atomic E-state index is 13.0. The Morgan fingerprint density at radius 1 is 1.23 bits per heavy atom. The summed E-state index contributed by atoms with van der Waals surface area (Å²) in [6.45, 7) is 1.15. The molecular formula is C19H19ClN2O3S. The van der Waals surface area contributed by atoms with Crippen LogP contribution in [0.25, 0.3) is 0 Å². The van der Waals surface area contributed by atoms with Gasteiger partial charge in [-0.2, -0.15) is 0 Å². The standard InChI is InChI=1S/C19H19ClN2O3S/c1-24-16-8-4-7-15(17(16)25-2)18(23)22-10-9-21-19(22)26-12-13-5-3-6-14(20)11-13/h3-8,11H,9-10,12H2,1-2H3. The molecule has 3 rings (SSSR count). The van der Waals surface area contributed by atoms with Crippen LogP contribution in [0.1, 0.15) is 15.9 Å². The summed E-state index contributed by atoms with van der Waals surface area (Å²) in [6.07, 6.45) is 0. The Balaban J connectivity index is 1.76. The summed E-state index contributed by atoms with van der Waals surface area (Å²) in [5, 5.41) is 1.41. The molecule has 0 fully saturated rings. The third-order valence-electron chi connectivity index (χ3n) is 3.94. The first-order chi connectivity index (χ1) is 12.6. The van der Waals surface area contributed by atoms with Crippen molar-refractivity contribution in [2.75, 3.05) is 27.3 Å². The van der Waals surface area contributed by atoms with Crippen LogP contribution in [-0.4, -0.2) is 43.3 Å². The van der Waals surface area contributed by atoms with E-state index in [0.717, 1.165) is 5.56 Å². The van der Waals surface area contributed by atoms with Gasteiger partial charge in [0.25, 0.3) is 5.91 Å². The lowest BCUT2D eigenvalue weighted by atomic mass is 10.1. The van der Waals surface area contributed by atoms with Crippen LogP contribution >= 0.6 is 23.4 Å². The quantitative estimate of drug-likeness (QED) is 0.771. The second kappa shape index (κ2) is 8.47. The normalized spacial score (nSPS) is 13.5. The number of carbonyl (C=O) groups is 1. The van der Waals surface area contributed by atoms with Gasteiger partial charge in [0.15, 0.2) is 16.7 Å². The second-order valence-corrected chi connectivity index (χ2v) is 6.96. The molecule has 0 unspecified atom stereocenters. The number of amides is 1. The van der Waals surface area contributed by atoms with Crippen molar-refractivity contribution < 1.29 is 14.3 Å². The maximum absolute atomic E-state index is 13.0. The van der Waals surface area contributed by atoms with Crippen molar-refractivity contribution in [3.8, 4) is 11.5 Å². The van der Waals surface area contributed by atoms with Gasteiger partial charge >= 0.3 is 0 Å². The van der Waals surface area contributed by atoms with E-state index in [-0.39, 0.29) is 5.91 Å². The van der Waals surface area contributed by atoms with E-state index in [0.29, 0.717) is 46.1 Å². The molecule has 0 radical (unpaired) electrons. The van der Waals surface area contributed by atoms with Crippen LogP contribution in [0.5, 0.6) is 11.5 Å². The Morgan fingerprint density at radius 2 is 2.04 bits per heavy atom. The van der Waals surface area contributed by atoms with E-state index in [4.69, 9.17) is 21.1 Å². The molecule has 1 amide bonds. The van der Waals surface area contributed by atoms with E-state index in [1.54, 1.807) is 30.2 Å². The summed E-state index contributed by atoms with van der Waals surface area (Å²) >= 11 is 7.56. The summed E-state index contributed by atoms with van der Waals surface area (Å²) in [4.78, 5) is 19.2. The van der Waals surface area contributed by atoms with E-state index in [2.05, 4.69) is 4.99 Å². The number of hydrogen-bond donors (Lipinski definition) is 0. The number of para-hydroxylation sites is 1. The topological polar surface area (TPSA) is 51.1 Å². The molecule has 0 spiro atoms. The highest BCUT2D eigenvalue weighted by Crippen LogP contribution is 2.32. The van der Waals surface area contributed by atoms with Gasteiger partial charge in [-0.25, -0.2) is 0 Å². The first kappa shape index (κ1) is 18.6. The van der Waals surface area contributed by atoms with Gasteiger partial charge < -0.3 is 9.47 Å². The van der Waals surface area contributed by atoms with Crippen LogP contribution in [0.15, 0.2) is 47.5 Å². The number of amidine groups is 1. The van der Waals surface area contributed by atoms with Crippen LogP contribution in [0, 0.1) is 0 Å². The zero-order valence-corrected chi connectivity index (χ0v) is 16.1. The van der Waals surface area contributed by atoms with Gasteiger partial charge in [-0.05, 0) is 29.8 Å². The molecule has 7 heteroatoms. The fraction of sp³-hybridized carbons (Fsp3) is 0.263. The number of ether oxygens (including phenoxy) is 2. The number of methoxy groups -OCH3 is 2. The highest BCUT2D eigenvalue weighted by molar-refractivity contribution is 8.13. The lowest BCUT2D eigenvalue weighted by Crippen LogP contribution is -2.33. The molecule has 1 heterocycles. The van der Waals surface area contributed by atoms with Crippen molar-refractivity contribution >= 4 is 34.4 Å². The van der Waals surface area contributed by atoms with Gasteiger partial charge in [-0.1, -0.05) is 41.6 Å². The number of aliphatic imine (C=N–C) groups is 1. The summed E-state index contributed by atoms with van der Waals surface area (Å²) in [7, 11) is 3.08. The Morgan fingerprint density at radius 3 is 2.77 bits per heavy atom. The van der Waals surface area contributed by atoms with Gasteiger partial charge in [0.05, 0.1) is 26.3 Å². The lowest BCUT2D eigenvalue weighted by molar-refractivity contribution is 0.0856. The number of nitrogens with zero attached hydrogens (tertiary/aromatic N) is 2. The van der Waals surface area contributed by atoms with Crippen LogP contribution < -0.4 is 9.47 Å². The average Bonchev–Trinajstić information content (AvgIpc) is 3.13. The summed E-state index contributed by atoms with van der Waals surface area (Å²) in [5.74, 6) is 1.52. The highest BCUT2D eigenvalue weighted by Gasteiger charge is 2.28. The largest absolute Gasteiger partial charge is 0.493 e. The first-order valence-corrected chi connectivity index (χ1v) is 9.45. The third kappa shape index (κ3) is 3.97. The van der Waals surface area contributed by atoms with Crippen molar-refractivity contribution in [1.29, 1.82) is 0 Å². The van der Waals surface area contributed by atoms with Crippen LogP contribution in [0.4, 0.5) is 0 Å². The van der Waals surface area contributed by atoms with Gasteiger partial charge in [-0.15, -0.1) is 0 Å². The molecule has 26 heavy (non-hydrogen) atoms. The Hall–Kier alpha value is -2.18. The number of halogens is 1. The van der Waals surface area contributed by atoms with Crippen molar-refractivity contribution in [2.45, 2.75) is 5.75 Å². The number of rotatable bonds is 5. The minimum absolute atomic E-state index is 0.143. The number of hydrogen-bond acceptors (Lipinski definition) is 5. The molecule has 5 nitrogen and oxygen atoms in total. The highest BCUT2D eigenvalue weighted by atomic mass is 35.5. The number of thioether (sulfide) groups is 1. The predicted molar refractivity (Wildman–Crippen MR) is 106 cm³/mol. The first-order valence-electron chi connectivity index (χ1n) is 8.08. The van der Waals surface area contributed by atoms with Crippen molar-refractivity contribution in [2.24, 2.45) is 4.99 Å². The molecule has 0 saturated heterocycles. The zero-order chi connectivity index (χ0) is 18.5. The molecule has 0 bridgehead atoms. The van der Waals surface area contributed by atoms with Crippen molar-refractivity contribution in [1.82, 2.24) is 4.90 Å². The van der Waals surface area contributed by atoms with E-state index < -0.39 is 0 Å². The van der Waals surface area contributed by atoms with Gasteiger partial charge in [0.2, 0.25) is 0 Å². The minimum Gasteiger partial charge on any atom is -0.493 e. The van der Waals surface area contributed by atoms with Crippen LogP contribution in [0.2, 0.25) is 5.02 Å². The summed E-state index contributed by atoms with van der Waals surface area (Å²) in [6, 6.07) is 13.0. The molecular weight excluding hydrogens is 372 g/mol. The maximum Gasteiger partial charge on any atom is 0.263 e. The second-order valence-electron chi connectivity index (χ2n) is 5.58. The zero-order valence-electron chi connectivity index (χ0n) is 14.6. The molecule has 1 aliphatic heterocycles. The SMILES string of the molecule is COc1cccc(C(=O)N2CCN=C2SCc2cccc(Cl)c2)c1OC. The fourth-order valence-electron chi connectivity index (χ4n) is 2.71. The van der Waals surface area contributed by atoms with E-state index >= 15 is 0 Å². The van der Waals surface area contributed by atoms with Gasteiger partial charge in [0.1, 0.15) is 0 Å². The smallest absolute Gasteiger partial charge is 0.263 e. The Bertz CT molecular complexity index is 841. The number of benzene rings is 2. The van der Waals surface area contributed by atoms with E-state index in [9.17, 15) is 4.79 Å². The molecule has 1 aliphatic rings. The molecule has 0 saturated carbocycles. The average molecular weight is 391 g/mol. The minimum atomic E-state index is -0.143. The molecule has 2 aromatic rings. The van der Waals surface area contributed by atoms with E-state index in [1.165, 1.54) is 18.9 Å². The Labute approximate surface area is 162 Å².